The molecule has 0 spiro atoms. The number of esters is 1. The number of carbonyl (C=O) groups excluding carboxylic acids is 1. The number of aliphatic imine (C=N–C) groups is 3. The second kappa shape index (κ2) is 10.3. The molecule has 0 unspecified atom stereocenters. The van der Waals surface area contributed by atoms with Gasteiger partial charge in [0, 0.05) is 52.8 Å². The molecule has 8 heteroatoms. The van der Waals surface area contributed by atoms with E-state index in [2.05, 4.69) is 32.2 Å². The molecule has 2 fully saturated rings. The highest BCUT2D eigenvalue weighted by Gasteiger charge is 2.48. The number of fused-ring (bicyclic) bond motifs is 5. The van der Waals surface area contributed by atoms with Crippen molar-refractivity contribution in [2.75, 3.05) is 7.11 Å². The number of rotatable bonds is 4. The first-order chi connectivity index (χ1) is 20.4. The van der Waals surface area contributed by atoms with Crippen molar-refractivity contribution < 1.29 is 19.7 Å². The van der Waals surface area contributed by atoms with Gasteiger partial charge in [-0.2, -0.15) is 0 Å². The van der Waals surface area contributed by atoms with E-state index in [0.717, 1.165) is 79.8 Å². The third kappa shape index (κ3) is 4.54. The van der Waals surface area contributed by atoms with E-state index in [0.29, 0.717) is 24.1 Å². The van der Waals surface area contributed by atoms with Gasteiger partial charge in [0.15, 0.2) is 0 Å². The molecule has 43 heavy (non-hydrogen) atoms. The Labute approximate surface area is 253 Å². The Morgan fingerprint density at radius 2 is 1.77 bits per heavy atom. The van der Waals surface area contributed by atoms with Crippen LogP contribution in [0.3, 0.4) is 0 Å². The Bertz CT molecular complexity index is 1720. The van der Waals surface area contributed by atoms with Crippen molar-refractivity contribution in [2.45, 2.75) is 79.8 Å². The molecular weight excluding hydrogens is 540 g/mol. The lowest BCUT2D eigenvalue weighted by atomic mass is 9.86. The maximum absolute atomic E-state index is 12.2. The number of nitrogens with zero attached hydrogens (tertiary/aromatic N) is 3. The highest BCUT2D eigenvalue weighted by atomic mass is 16.5. The van der Waals surface area contributed by atoms with Gasteiger partial charge in [-0.15, -0.1) is 0 Å². The number of nitrogens with one attached hydrogen (secondary N) is 1. The summed E-state index contributed by atoms with van der Waals surface area (Å²) in [4.78, 5) is 27.4. The van der Waals surface area contributed by atoms with Crippen molar-refractivity contribution in [3.05, 3.63) is 91.5 Å². The Morgan fingerprint density at radius 1 is 1.07 bits per heavy atom. The predicted octanol–water partition coefficient (Wildman–Crippen LogP) is 6.38. The molecular formula is C35H40N4O4. The summed E-state index contributed by atoms with van der Waals surface area (Å²) in [6.45, 7) is 13.9. The summed E-state index contributed by atoms with van der Waals surface area (Å²) in [5.41, 5.74) is 12.2. The third-order valence-corrected chi connectivity index (χ3v) is 9.73. The fourth-order valence-corrected chi connectivity index (χ4v) is 7.42. The van der Waals surface area contributed by atoms with Gasteiger partial charge >= 0.3 is 5.97 Å². The number of allylic oxidation sites excluding steroid dienone is 11. The van der Waals surface area contributed by atoms with E-state index in [4.69, 9.17) is 19.7 Å². The van der Waals surface area contributed by atoms with Gasteiger partial charge < -0.3 is 20.3 Å². The smallest absolute Gasteiger partial charge is 0.305 e. The van der Waals surface area contributed by atoms with Gasteiger partial charge in [-0.1, -0.05) is 13.8 Å². The topological polar surface area (TPSA) is 116 Å². The summed E-state index contributed by atoms with van der Waals surface area (Å²) in [5, 5.41) is 26.2. The third-order valence-electron chi connectivity index (χ3n) is 9.73. The van der Waals surface area contributed by atoms with Gasteiger partial charge in [0.05, 0.1) is 52.7 Å². The van der Waals surface area contributed by atoms with E-state index in [-0.39, 0.29) is 30.0 Å². The summed E-state index contributed by atoms with van der Waals surface area (Å²) in [7, 11) is 1.41. The molecule has 5 aliphatic heterocycles. The normalized spacial score (nSPS) is 29.0. The number of aliphatic hydroxyl groups is 2. The fraction of sp³-hybridized carbons (Fsp3) is 0.429. The van der Waals surface area contributed by atoms with Crippen molar-refractivity contribution in [1.82, 2.24) is 5.32 Å². The van der Waals surface area contributed by atoms with E-state index in [1.54, 1.807) is 6.92 Å². The monoisotopic (exact) mass is 580 g/mol. The first-order valence-corrected chi connectivity index (χ1v) is 15.1. The maximum Gasteiger partial charge on any atom is 0.305 e. The van der Waals surface area contributed by atoms with Crippen LogP contribution in [0.1, 0.15) is 74.1 Å². The van der Waals surface area contributed by atoms with E-state index in [9.17, 15) is 15.0 Å². The Balaban J connectivity index is 1.63. The van der Waals surface area contributed by atoms with Crippen LogP contribution in [0.4, 0.5) is 0 Å². The summed E-state index contributed by atoms with van der Waals surface area (Å²) in [5.74, 6) is -0.0108. The lowest BCUT2D eigenvalue weighted by molar-refractivity contribution is -0.140. The second-order valence-electron chi connectivity index (χ2n) is 12.5. The molecule has 6 aliphatic rings. The molecule has 1 saturated carbocycles. The van der Waals surface area contributed by atoms with Gasteiger partial charge in [0.1, 0.15) is 0 Å². The second-order valence-corrected chi connectivity index (χ2v) is 12.5. The molecule has 8 bridgehead atoms. The van der Waals surface area contributed by atoms with Crippen molar-refractivity contribution in [2.24, 2.45) is 26.8 Å². The largest absolute Gasteiger partial charge is 0.512 e. The van der Waals surface area contributed by atoms with E-state index >= 15 is 0 Å². The molecule has 1 aliphatic carbocycles. The Morgan fingerprint density at radius 3 is 2.44 bits per heavy atom. The van der Waals surface area contributed by atoms with E-state index < -0.39 is 5.60 Å². The lowest BCUT2D eigenvalue weighted by Gasteiger charge is -2.19. The molecule has 8 nitrogen and oxygen atoms in total. The number of carbonyl (C=O) groups is 1. The zero-order valence-electron chi connectivity index (χ0n) is 26.3. The fourth-order valence-electron chi connectivity index (χ4n) is 7.42. The molecule has 0 aromatic heterocycles. The zero-order valence-corrected chi connectivity index (χ0v) is 26.3. The lowest BCUT2D eigenvalue weighted by Crippen LogP contribution is -2.23. The van der Waals surface area contributed by atoms with Gasteiger partial charge in [0.2, 0.25) is 0 Å². The molecule has 6 rings (SSSR count). The number of aliphatic hydroxyl groups excluding tert-OH is 1. The van der Waals surface area contributed by atoms with Gasteiger partial charge in [-0.05, 0) is 88.0 Å². The Kier molecular flexibility index (Phi) is 6.96. The van der Waals surface area contributed by atoms with Gasteiger partial charge in [-0.3, -0.25) is 4.79 Å². The summed E-state index contributed by atoms with van der Waals surface area (Å²) < 4.78 is 4.98. The number of methoxy groups -OCH3 is 1. The minimum absolute atomic E-state index is 0.0117. The average molecular weight is 581 g/mol. The van der Waals surface area contributed by atoms with E-state index in [1.807, 2.05) is 32.9 Å². The minimum atomic E-state index is -1.08. The minimum Gasteiger partial charge on any atom is -0.512 e. The predicted molar refractivity (Wildman–Crippen MR) is 170 cm³/mol. The van der Waals surface area contributed by atoms with Crippen LogP contribution < -0.4 is 5.32 Å². The van der Waals surface area contributed by atoms with Crippen LogP contribution in [-0.4, -0.2) is 46.0 Å². The molecule has 0 aromatic carbocycles. The highest BCUT2D eigenvalue weighted by molar-refractivity contribution is 6.22. The highest BCUT2D eigenvalue weighted by Crippen LogP contribution is 2.49. The van der Waals surface area contributed by atoms with Crippen molar-refractivity contribution in [3.63, 3.8) is 0 Å². The summed E-state index contributed by atoms with van der Waals surface area (Å²) >= 11 is 0. The Hall–Kier alpha value is -4.04. The zero-order chi connectivity index (χ0) is 31.0. The van der Waals surface area contributed by atoms with E-state index in [1.165, 1.54) is 7.11 Å². The molecule has 5 heterocycles. The molecule has 1 saturated heterocycles. The maximum atomic E-state index is 12.2. The van der Waals surface area contributed by atoms with Crippen LogP contribution in [0, 0.1) is 11.8 Å². The van der Waals surface area contributed by atoms with Crippen molar-refractivity contribution in [3.8, 4) is 0 Å². The van der Waals surface area contributed by atoms with Gasteiger partial charge in [0.25, 0.3) is 0 Å². The standard InChI is InChI=1S/C35H40N4O4/c1-9-21-16(2)24-14-29-31(20(6)40)18(4)26(37-29)12-25-17(3)22(10-11-30(41)43-8)33(38-25)23-15-35(7,42)32-19(5)27(39-34(23)32)13-28(21)36-24/h12-14,17,22,38,40,42H,9-11,15H2,1-8H3/t17-,22-,35-/m0/s1. The van der Waals surface area contributed by atoms with Crippen LogP contribution in [0.15, 0.2) is 106 Å². The number of hydrogen-bond acceptors (Lipinski definition) is 8. The van der Waals surface area contributed by atoms with Crippen LogP contribution in [-0.2, 0) is 9.53 Å². The number of ether oxygens (including phenoxy) is 1. The van der Waals surface area contributed by atoms with Crippen molar-refractivity contribution >= 4 is 23.1 Å². The molecule has 0 radical (unpaired) electrons. The van der Waals surface area contributed by atoms with Crippen LogP contribution >= 0.6 is 0 Å². The summed E-state index contributed by atoms with van der Waals surface area (Å²) in [6.07, 6.45) is 8.16. The summed E-state index contributed by atoms with van der Waals surface area (Å²) in [6, 6.07) is 0. The first-order valence-electron chi connectivity index (χ1n) is 15.1. The molecule has 3 atom stereocenters. The molecule has 0 amide bonds. The SMILES string of the molecule is CCC1=C(C)C2=CC3=NC(=C(C)C3=C(C)O)C=C3NC(=C4C[C@](C)(O)C5=C(C)C(=CC1=N2)N=C45)[C@@H](CCC(=O)OC)[C@@H]3C. The molecule has 3 N–H and O–H groups in total. The van der Waals surface area contributed by atoms with Crippen LogP contribution in [0.25, 0.3) is 0 Å². The quantitative estimate of drug-likeness (QED) is 0.264. The molecule has 0 aromatic rings. The van der Waals surface area contributed by atoms with Crippen LogP contribution in [0.5, 0.6) is 0 Å². The molecule has 224 valence electrons. The van der Waals surface area contributed by atoms with Crippen LogP contribution in [0.2, 0.25) is 0 Å². The number of hydrogen-bond donors (Lipinski definition) is 3. The first kappa shape index (κ1) is 29.1. The van der Waals surface area contributed by atoms with Gasteiger partial charge in [-0.25, -0.2) is 15.0 Å². The van der Waals surface area contributed by atoms with Crippen molar-refractivity contribution in [1.29, 1.82) is 0 Å². The average Bonchev–Trinajstić information content (AvgIpc) is 3.68.